The van der Waals surface area contributed by atoms with E-state index >= 15 is 0 Å². The van der Waals surface area contributed by atoms with Gasteiger partial charge in [0, 0.05) is 0 Å². The van der Waals surface area contributed by atoms with Gasteiger partial charge in [0.15, 0.2) is 5.66 Å². The Morgan fingerprint density at radius 1 is 0.852 bits per heavy atom. The number of carbonyl (C=O) groups excluding carboxylic acids is 2. The second-order valence-corrected chi connectivity index (χ2v) is 9.99. The lowest BCUT2D eigenvalue weighted by Crippen LogP contribution is -2.26. The van der Waals surface area contributed by atoms with Crippen molar-refractivity contribution in [1.82, 2.24) is 0 Å². The third-order valence-corrected chi connectivity index (χ3v) is 6.47. The average molecular weight is 475 g/mol. The molecule has 0 aromatic heterocycles. The quantitative estimate of drug-likeness (QED) is 0.241. The maximum atomic E-state index is 12.5. The molecule has 2 unspecified atom stereocenters. The van der Waals surface area contributed by atoms with Crippen molar-refractivity contribution in [3.05, 3.63) is 0 Å². The molecule has 0 aromatic carbocycles. The number of hydrogen-bond donors (Lipinski definition) is 0. The lowest BCUT2D eigenvalue weighted by molar-refractivity contribution is -0.141. The van der Waals surface area contributed by atoms with Gasteiger partial charge < -0.3 is 18.5 Å². The van der Waals surface area contributed by atoms with E-state index in [4.69, 9.17) is 9.05 Å². The highest BCUT2D eigenvalue weighted by atomic mass is 79.9. The van der Waals surface area contributed by atoms with Crippen LogP contribution in [0.25, 0.3) is 0 Å². The van der Waals surface area contributed by atoms with E-state index in [1.807, 2.05) is 13.8 Å². The predicted molar refractivity (Wildman–Crippen MR) is 110 cm³/mol. The van der Waals surface area contributed by atoms with Crippen LogP contribution < -0.4 is 0 Å². The van der Waals surface area contributed by atoms with E-state index < -0.39 is 19.2 Å². The van der Waals surface area contributed by atoms with Crippen molar-refractivity contribution in [2.75, 3.05) is 27.4 Å². The van der Waals surface area contributed by atoms with Crippen molar-refractivity contribution in [2.24, 2.45) is 11.8 Å². The first-order chi connectivity index (χ1) is 12.5. The van der Waals surface area contributed by atoms with Crippen molar-refractivity contribution in [2.45, 2.75) is 64.9 Å². The maximum absolute atomic E-state index is 12.5. The molecular formula is C18H36BrO7P. The Morgan fingerprint density at radius 3 is 1.56 bits per heavy atom. The van der Waals surface area contributed by atoms with Crippen LogP contribution in [-0.2, 0) is 32.7 Å². The van der Waals surface area contributed by atoms with Gasteiger partial charge in [-0.3, -0.25) is 14.2 Å². The molecule has 0 heterocycles. The highest BCUT2D eigenvalue weighted by molar-refractivity contribution is 9.10. The zero-order chi connectivity index (χ0) is 21.6. The molecular weight excluding hydrogens is 439 g/mol. The summed E-state index contributed by atoms with van der Waals surface area (Å²) in [6.45, 7) is 11.9. The van der Waals surface area contributed by atoms with Crippen LogP contribution in [0.2, 0.25) is 0 Å². The number of methoxy groups -OCH3 is 2. The fourth-order valence-corrected chi connectivity index (χ4v) is 5.28. The number of hydrogen-bond acceptors (Lipinski definition) is 7. The van der Waals surface area contributed by atoms with E-state index in [1.54, 1.807) is 13.8 Å². The molecule has 7 nitrogen and oxygen atoms in total. The van der Waals surface area contributed by atoms with Gasteiger partial charge in [-0.25, -0.2) is 0 Å². The van der Waals surface area contributed by atoms with Crippen LogP contribution in [0.3, 0.4) is 0 Å². The highest BCUT2D eigenvalue weighted by Crippen LogP contribution is 2.55. The normalized spacial score (nSPS) is 13.6. The van der Waals surface area contributed by atoms with Crippen molar-refractivity contribution in [1.29, 1.82) is 0 Å². The molecule has 0 saturated heterocycles. The summed E-state index contributed by atoms with van der Waals surface area (Å²) in [5, 5.41) is 0. The number of esters is 2. The van der Waals surface area contributed by atoms with E-state index in [-0.39, 0.29) is 29.9 Å². The molecule has 0 spiro atoms. The van der Waals surface area contributed by atoms with Gasteiger partial charge in [0.05, 0.1) is 27.4 Å². The van der Waals surface area contributed by atoms with Gasteiger partial charge in [-0.05, 0) is 38.5 Å². The van der Waals surface area contributed by atoms with Gasteiger partial charge in [-0.1, -0.05) is 43.6 Å². The van der Waals surface area contributed by atoms with Crippen LogP contribution in [0.1, 0.15) is 54.4 Å². The first-order valence-electron chi connectivity index (χ1n) is 9.17. The highest BCUT2D eigenvalue weighted by Gasteiger charge is 2.42. The molecule has 0 aliphatic carbocycles. The lowest BCUT2D eigenvalue weighted by Gasteiger charge is -2.25. The van der Waals surface area contributed by atoms with Crippen LogP contribution >= 0.6 is 23.5 Å². The Labute approximate surface area is 172 Å². The molecule has 0 aromatic rings. The van der Waals surface area contributed by atoms with Gasteiger partial charge >= 0.3 is 19.5 Å². The largest absolute Gasteiger partial charge is 0.468 e. The van der Waals surface area contributed by atoms with Gasteiger partial charge in [-0.2, -0.15) is 0 Å². The van der Waals surface area contributed by atoms with Crippen LogP contribution in [0.5, 0.6) is 0 Å². The summed E-state index contributed by atoms with van der Waals surface area (Å²) in [6.07, 6.45) is 1.25. The van der Waals surface area contributed by atoms with Gasteiger partial charge in [-0.15, -0.1) is 0 Å². The van der Waals surface area contributed by atoms with Crippen molar-refractivity contribution in [3.8, 4) is 0 Å². The van der Waals surface area contributed by atoms with Crippen molar-refractivity contribution in [3.63, 3.8) is 0 Å². The number of rotatable bonds is 11. The molecule has 0 aliphatic rings. The minimum absolute atomic E-state index is 0.141. The SMILES string of the molecule is CCOP(=O)(OCC)C(CC(C)C)C(=O)OC.COC(=O)C(Br)CC(C)C. The van der Waals surface area contributed by atoms with Crippen molar-refractivity contribution < 1.29 is 32.7 Å². The second-order valence-electron chi connectivity index (χ2n) is 6.66. The first kappa shape index (κ1) is 28.8. The van der Waals surface area contributed by atoms with E-state index in [0.29, 0.717) is 12.3 Å². The fraction of sp³-hybridized carbons (Fsp3) is 0.889. The Hall–Kier alpha value is -0.430. The van der Waals surface area contributed by atoms with Gasteiger partial charge in [0.1, 0.15) is 4.83 Å². The zero-order valence-electron chi connectivity index (χ0n) is 17.8. The number of carbonyl (C=O) groups is 2. The van der Waals surface area contributed by atoms with Crippen LogP contribution in [0.15, 0.2) is 0 Å². The summed E-state index contributed by atoms with van der Waals surface area (Å²) in [4.78, 5) is 22.3. The van der Waals surface area contributed by atoms with E-state index in [9.17, 15) is 14.2 Å². The molecule has 0 aliphatic heterocycles. The third-order valence-electron chi connectivity index (χ3n) is 3.30. The number of ether oxygens (including phenoxy) is 2. The molecule has 0 radical (unpaired) electrons. The number of alkyl halides is 1. The first-order valence-corrected chi connectivity index (χ1v) is 11.7. The second kappa shape index (κ2) is 15.5. The Kier molecular flexibility index (Phi) is 16.5. The summed E-state index contributed by atoms with van der Waals surface area (Å²) in [5.41, 5.74) is -0.840. The van der Waals surface area contributed by atoms with E-state index in [1.165, 1.54) is 14.2 Å². The van der Waals surface area contributed by atoms with Gasteiger partial charge in [0.25, 0.3) is 0 Å². The molecule has 0 amide bonds. The predicted octanol–water partition coefficient (Wildman–Crippen LogP) is 4.81. The van der Waals surface area contributed by atoms with Crippen LogP contribution in [0, 0.1) is 11.8 Å². The Bertz CT molecular complexity index is 459. The molecule has 2 atom stereocenters. The van der Waals surface area contributed by atoms with Crippen LogP contribution in [0.4, 0.5) is 0 Å². The van der Waals surface area contributed by atoms with Crippen LogP contribution in [-0.4, -0.2) is 49.9 Å². The summed E-state index contributed by atoms with van der Waals surface area (Å²) in [5.74, 6) is -0.00514. The average Bonchev–Trinajstić information content (AvgIpc) is 2.58. The van der Waals surface area contributed by atoms with E-state index in [2.05, 4.69) is 39.3 Å². The standard InChI is InChI=1S/C11H23O5P.C7H13BrO2/c1-6-15-17(13,16-7-2)10(8-9(3)4)11(12)14-5;1-5(2)4-6(8)7(9)10-3/h9-10H,6-8H2,1-5H3;5-6H,4H2,1-3H3. The number of halogens is 1. The molecule has 0 rings (SSSR count). The minimum Gasteiger partial charge on any atom is -0.468 e. The maximum Gasteiger partial charge on any atom is 0.344 e. The Balaban J connectivity index is 0. The van der Waals surface area contributed by atoms with E-state index in [0.717, 1.165) is 6.42 Å². The molecule has 0 N–H and O–H groups in total. The molecule has 9 heteroatoms. The molecule has 0 fully saturated rings. The Morgan fingerprint density at radius 2 is 1.26 bits per heavy atom. The summed E-state index contributed by atoms with van der Waals surface area (Å²) >= 11 is 3.23. The molecule has 27 heavy (non-hydrogen) atoms. The van der Waals surface area contributed by atoms with Gasteiger partial charge in [0.2, 0.25) is 0 Å². The molecule has 0 bridgehead atoms. The lowest BCUT2D eigenvalue weighted by atomic mass is 10.1. The smallest absolute Gasteiger partial charge is 0.344 e. The van der Waals surface area contributed by atoms with Crippen molar-refractivity contribution >= 4 is 35.5 Å². The topological polar surface area (TPSA) is 88.1 Å². The zero-order valence-corrected chi connectivity index (χ0v) is 20.3. The minimum atomic E-state index is -3.43. The molecule has 162 valence electrons. The molecule has 0 saturated carbocycles. The summed E-state index contributed by atoms with van der Waals surface area (Å²) in [6, 6.07) is 0. The summed E-state index contributed by atoms with van der Waals surface area (Å²) in [7, 11) is -0.755. The monoisotopic (exact) mass is 474 g/mol. The summed E-state index contributed by atoms with van der Waals surface area (Å²) < 4.78 is 32.1. The fourth-order valence-electron chi connectivity index (χ4n) is 2.15. The third kappa shape index (κ3) is 12.6.